The summed E-state index contributed by atoms with van der Waals surface area (Å²) >= 11 is 3.43. The molecule has 0 fully saturated rings. The molecule has 3 aromatic rings. The van der Waals surface area contributed by atoms with Gasteiger partial charge in [0.15, 0.2) is 0 Å². The Morgan fingerprint density at radius 2 is 1.88 bits per heavy atom. The maximum atomic E-state index is 12.4. The summed E-state index contributed by atoms with van der Waals surface area (Å²) < 4.78 is 4.02. The van der Waals surface area contributed by atoms with Crippen LogP contribution >= 0.6 is 15.9 Å². The number of benzene rings is 2. The number of aryl methyl sites for hydroxylation is 1. The molecule has 1 unspecified atom stereocenters. The molecular formula is C18H18BrN3O2. The van der Waals surface area contributed by atoms with Gasteiger partial charge >= 0.3 is 5.69 Å². The molecule has 1 amide bonds. The van der Waals surface area contributed by atoms with Gasteiger partial charge in [0.2, 0.25) is 5.91 Å². The minimum absolute atomic E-state index is 0.00146. The Balaban J connectivity index is 1.81. The number of nitrogens with one attached hydrogen (secondary N) is 1. The van der Waals surface area contributed by atoms with Crippen LogP contribution in [0, 0.1) is 0 Å². The van der Waals surface area contributed by atoms with Crippen molar-refractivity contribution in [3.8, 4) is 0 Å². The second kappa shape index (κ2) is 6.65. The lowest BCUT2D eigenvalue weighted by atomic mass is 10.1. The molecule has 5 nitrogen and oxygen atoms in total. The van der Waals surface area contributed by atoms with E-state index in [0.29, 0.717) is 0 Å². The van der Waals surface area contributed by atoms with Crippen LogP contribution in [0.25, 0.3) is 11.0 Å². The Hall–Kier alpha value is -2.34. The number of rotatable bonds is 4. The van der Waals surface area contributed by atoms with E-state index in [2.05, 4.69) is 21.2 Å². The highest BCUT2D eigenvalue weighted by atomic mass is 79.9. The highest BCUT2D eigenvalue weighted by Crippen LogP contribution is 2.18. The summed E-state index contributed by atoms with van der Waals surface area (Å²) in [6.07, 6.45) is 0. The predicted molar refractivity (Wildman–Crippen MR) is 97.9 cm³/mol. The van der Waals surface area contributed by atoms with Crippen LogP contribution in [0.15, 0.2) is 57.8 Å². The number of amides is 1. The summed E-state index contributed by atoms with van der Waals surface area (Å²) in [5, 5.41) is 2.94. The van der Waals surface area contributed by atoms with E-state index in [9.17, 15) is 9.59 Å². The Kier molecular flexibility index (Phi) is 4.57. The van der Waals surface area contributed by atoms with E-state index in [1.54, 1.807) is 11.6 Å². The molecule has 0 radical (unpaired) electrons. The zero-order valence-corrected chi connectivity index (χ0v) is 15.1. The van der Waals surface area contributed by atoms with Crippen LogP contribution in [0.4, 0.5) is 0 Å². The van der Waals surface area contributed by atoms with Crippen LogP contribution in [-0.2, 0) is 18.4 Å². The van der Waals surface area contributed by atoms with Crippen molar-refractivity contribution in [1.82, 2.24) is 14.5 Å². The van der Waals surface area contributed by atoms with Crippen molar-refractivity contribution in [3.63, 3.8) is 0 Å². The van der Waals surface area contributed by atoms with E-state index in [4.69, 9.17) is 0 Å². The van der Waals surface area contributed by atoms with Crippen LogP contribution in [0.5, 0.6) is 0 Å². The number of hydrogen-bond acceptors (Lipinski definition) is 2. The average molecular weight is 388 g/mol. The van der Waals surface area contributed by atoms with Gasteiger partial charge in [-0.1, -0.05) is 40.2 Å². The third-order valence-electron chi connectivity index (χ3n) is 4.08. The monoisotopic (exact) mass is 387 g/mol. The van der Waals surface area contributed by atoms with Crippen LogP contribution in [-0.4, -0.2) is 15.0 Å². The molecule has 2 aromatic carbocycles. The van der Waals surface area contributed by atoms with Crippen molar-refractivity contribution >= 4 is 32.9 Å². The molecule has 1 heterocycles. The van der Waals surface area contributed by atoms with Gasteiger partial charge in [0, 0.05) is 11.5 Å². The number of aromatic nitrogens is 2. The summed E-state index contributed by atoms with van der Waals surface area (Å²) in [6, 6.07) is 15.1. The number of carbonyl (C=O) groups excluding carboxylic acids is 1. The number of nitrogens with zero attached hydrogens (tertiary/aromatic N) is 2. The molecule has 6 heteroatoms. The second-order valence-electron chi connectivity index (χ2n) is 5.76. The molecular weight excluding hydrogens is 370 g/mol. The molecule has 24 heavy (non-hydrogen) atoms. The number of para-hydroxylation sites is 2. The molecule has 0 aliphatic heterocycles. The molecule has 1 aromatic heterocycles. The normalized spacial score (nSPS) is 12.3. The van der Waals surface area contributed by atoms with Crippen molar-refractivity contribution < 1.29 is 4.79 Å². The number of hydrogen-bond donors (Lipinski definition) is 1. The molecule has 1 N–H and O–H groups in total. The van der Waals surface area contributed by atoms with Crippen molar-refractivity contribution in [3.05, 3.63) is 69.1 Å². The first-order valence-electron chi connectivity index (χ1n) is 7.66. The first-order chi connectivity index (χ1) is 11.5. The average Bonchev–Trinajstić information content (AvgIpc) is 2.80. The number of fused-ring (bicyclic) bond motifs is 1. The van der Waals surface area contributed by atoms with Crippen LogP contribution in [0.3, 0.4) is 0 Å². The van der Waals surface area contributed by atoms with E-state index in [1.165, 1.54) is 4.57 Å². The molecule has 0 bridgehead atoms. The number of imidazole rings is 1. The Bertz CT molecular complexity index is 958. The smallest absolute Gasteiger partial charge is 0.329 e. The fourth-order valence-corrected chi connectivity index (χ4v) is 3.22. The lowest BCUT2D eigenvalue weighted by Crippen LogP contribution is -2.34. The second-order valence-corrected chi connectivity index (χ2v) is 6.68. The third-order valence-corrected chi connectivity index (χ3v) is 4.57. The third kappa shape index (κ3) is 3.14. The number of carbonyl (C=O) groups is 1. The SMILES string of the molecule is CC(NC(=O)Cn1c(=O)n(C)c2ccccc21)c1cccc(Br)c1. The minimum Gasteiger partial charge on any atom is -0.348 e. The zero-order chi connectivity index (χ0) is 17.3. The molecule has 124 valence electrons. The first-order valence-corrected chi connectivity index (χ1v) is 8.46. The van der Waals surface area contributed by atoms with Crippen molar-refractivity contribution in [1.29, 1.82) is 0 Å². The van der Waals surface area contributed by atoms with E-state index in [1.807, 2.05) is 55.5 Å². The van der Waals surface area contributed by atoms with Gasteiger partial charge in [-0.05, 0) is 36.8 Å². The topological polar surface area (TPSA) is 56.0 Å². The fourth-order valence-electron chi connectivity index (χ4n) is 2.81. The molecule has 3 rings (SSSR count). The molecule has 1 atom stereocenters. The lowest BCUT2D eigenvalue weighted by molar-refractivity contribution is -0.122. The van der Waals surface area contributed by atoms with Crippen molar-refractivity contribution in [2.24, 2.45) is 7.05 Å². The van der Waals surface area contributed by atoms with Gasteiger partial charge < -0.3 is 5.32 Å². The van der Waals surface area contributed by atoms with Gasteiger partial charge in [-0.2, -0.15) is 0 Å². The Labute approximate surface area is 148 Å². The van der Waals surface area contributed by atoms with Crippen LogP contribution < -0.4 is 11.0 Å². The highest BCUT2D eigenvalue weighted by Gasteiger charge is 2.15. The van der Waals surface area contributed by atoms with Gasteiger partial charge in [-0.25, -0.2) is 4.79 Å². The number of halogens is 1. The molecule has 0 aliphatic rings. The quantitative estimate of drug-likeness (QED) is 0.747. The maximum Gasteiger partial charge on any atom is 0.329 e. The van der Waals surface area contributed by atoms with Gasteiger partial charge in [0.05, 0.1) is 17.1 Å². The fraction of sp³-hybridized carbons (Fsp3) is 0.222. The zero-order valence-electron chi connectivity index (χ0n) is 13.5. The van der Waals surface area contributed by atoms with Gasteiger partial charge in [0.25, 0.3) is 0 Å². The molecule has 0 aliphatic carbocycles. The van der Waals surface area contributed by atoms with Gasteiger partial charge in [0.1, 0.15) is 6.54 Å². The van der Waals surface area contributed by atoms with E-state index in [0.717, 1.165) is 21.1 Å². The van der Waals surface area contributed by atoms with Crippen molar-refractivity contribution in [2.45, 2.75) is 19.5 Å². The maximum absolute atomic E-state index is 12.4. The molecule has 0 spiro atoms. The summed E-state index contributed by atoms with van der Waals surface area (Å²) in [5.41, 5.74) is 2.38. The summed E-state index contributed by atoms with van der Waals surface area (Å²) in [4.78, 5) is 24.8. The Morgan fingerprint density at radius 1 is 1.17 bits per heavy atom. The van der Waals surface area contributed by atoms with E-state index in [-0.39, 0.29) is 24.2 Å². The van der Waals surface area contributed by atoms with E-state index >= 15 is 0 Å². The van der Waals surface area contributed by atoms with E-state index < -0.39 is 0 Å². The molecule has 0 saturated carbocycles. The van der Waals surface area contributed by atoms with Crippen molar-refractivity contribution in [2.75, 3.05) is 0 Å². The summed E-state index contributed by atoms with van der Waals surface area (Å²) in [5.74, 6) is -0.194. The summed E-state index contributed by atoms with van der Waals surface area (Å²) in [7, 11) is 1.71. The van der Waals surface area contributed by atoms with Crippen LogP contribution in [0.2, 0.25) is 0 Å². The summed E-state index contributed by atoms with van der Waals surface area (Å²) in [6.45, 7) is 1.92. The first kappa shape index (κ1) is 16.5. The van der Waals surface area contributed by atoms with Gasteiger partial charge in [-0.3, -0.25) is 13.9 Å². The molecule has 0 saturated heterocycles. The van der Waals surface area contributed by atoms with Crippen LogP contribution in [0.1, 0.15) is 18.5 Å². The van der Waals surface area contributed by atoms with Gasteiger partial charge in [-0.15, -0.1) is 0 Å². The predicted octanol–water partition coefficient (Wildman–Crippen LogP) is 2.98. The lowest BCUT2D eigenvalue weighted by Gasteiger charge is -2.15. The Morgan fingerprint density at radius 3 is 2.58 bits per heavy atom. The largest absolute Gasteiger partial charge is 0.348 e. The standard InChI is InChI=1S/C18H18BrN3O2/c1-12(13-6-5-7-14(19)10-13)20-17(23)11-22-16-9-4-3-8-15(16)21(2)18(22)24/h3-10,12H,11H2,1-2H3,(H,20,23). The highest BCUT2D eigenvalue weighted by molar-refractivity contribution is 9.10. The minimum atomic E-state index is -0.194.